The predicted octanol–water partition coefficient (Wildman–Crippen LogP) is 4.47. The van der Waals surface area contributed by atoms with E-state index in [2.05, 4.69) is 38.1 Å². The van der Waals surface area contributed by atoms with Crippen LogP contribution in [-0.4, -0.2) is 0 Å². The van der Waals surface area contributed by atoms with E-state index in [1.54, 1.807) is 0 Å². The van der Waals surface area contributed by atoms with E-state index in [9.17, 15) is 0 Å². The van der Waals surface area contributed by atoms with Crippen LogP contribution in [0.3, 0.4) is 0 Å². The van der Waals surface area contributed by atoms with Crippen molar-refractivity contribution in [1.82, 2.24) is 0 Å². The SMILES string of the molecule is CCc1ccccc1C(N)C1CCC(CC)CC1. The van der Waals surface area contributed by atoms with Gasteiger partial charge in [-0.1, -0.05) is 57.4 Å². The first kappa shape index (κ1) is 13.6. The van der Waals surface area contributed by atoms with Crippen LogP contribution in [0.25, 0.3) is 0 Å². The second kappa shape index (κ2) is 6.38. The summed E-state index contributed by atoms with van der Waals surface area (Å²) in [5, 5.41) is 0. The summed E-state index contributed by atoms with van der Waals surface area (Å²) < 4.78 is 0. The van der Waals surface area contributed by atoms with Crippen LogP contribution >= 0.6 is 0 Å². The average molecular weight is 245 g/mol. The van der Waals surface area contributed by atoms with Crippen LogP contribution in [-0.2, 0) is 6.42 Å². The van der Waals surface area contributed by atoms with E-state index in [4.69, 9.17) is 5.73 Å². The third-order valence-corrected chi connectivity index (χ3v) is 4.77. The molecule has 2 rings (SSSR count). The van der Waals surface area contributed by atoms with Gasteiger partial charge in [-0.3, -0.25) is 0 Å². The van der Waals surface area contributed by atoms with Gasteiger partial charge in [0.15, 0.2) is 0 Å². The molecule has 1 aliphatic rings. The third-order valence-electron chi connectivity index (χ3n) is 4.77. The summed E-state index contributed by atoms with van der Waals surface area (Å²) in [5.74, 6) is 1.65. The van der Waals surface area contributed by atoms with E-state index in [1.807, 2.05) is 0 Å². The van der Waals surface area contributed by atoms with Crippen molar-refractivity contribution in [2.45, 2.75) is 58.4 Å². The molecule has 1 unspecified atom stereocenters. The molecule has 100 valence electrons. The Balaban J connectivity index is 2.05. The molecule has 1 aromatic carbocycles. The van der Waals surface area contributed by atoms with Crippen LogP contribution < -0.4 is 5.73 Å². The molecule has 0 amide bonds. The Bertz CT molecular complexity index is 364. The lowest BCUT2D eigenvalue weighted by Crippen LogP contribution is -2.26. The lowest BCUT2D eigenvalue weighted by Gasteiger charge is -2.32. The van der Waals surface area contributed by atoms with E-state index in [1.165, 1.54) is 43.2 Å². The molecule has 1 fully saturated rings. The van der Waals surface area contributed by atoms with Crippen LogP contribution in [0.2, 0.25) is 0 Å². The second-order valence-electron chi connectivity index (χ2n) is 5.77. The maximum atomic E-state index is 6.53. The van der Waals surface area contributed by atoms with Gasteiger partial charge < -0.3 is 5.73 Å². The highest BCUT2D eigenvalue weighted by atomic mass is 14.7. The fourth-order valence-electron chi connectivity index (χ4n) is 3.39. The minimum Gasteiger partial charge on any atom is -0.324 e. The van der Waals surface area contributed by atoms with Crippen molar-refractivity contribution in [3.63, 3.8) is 0 Å². The molecule has 0 aliphatic heterocycles. The van der Waals surface area contributed by atoms with Crippen molar-refractivity contribution >= 4 is 0 Å². The summed E-state index contributed by atoms with van der Waals surface area (Å²) in [6, 6.07) is 8.97. The van der Waals surface area contributed by atoms with Crippen molar-refractivity contribution < 1.29 is 0 Å². The van der Waals surface area contributed by atoms with E-state index < -0.39 is 0 Å². The van der Waals surface area contributed by atoms with Gasteiger partial charge in [-0.15, -0.1) is 0 Å². The third kappa shape index (κ3) is 2.95. The quantitative estimate of drug-likeness (QED) is 0.832. The van der Waals surface area contributed by atoms with E-state index in [0.29, 0.717) is 5.92 Å². The average Bonchev–Trinajstić information content (AvgIpc) is 2.46. The molecule has 1 atom stereocenters. The molecule has 0 saturated heterocycles. The number of hydrogen-bond donors (Lipinski definition) is 1. The Labute approximate surface area is 112 Å². The van der Waals surface area contributed by atoms with Crippen molar-refractivity contribution in [1.29, 1.82) is 0 Å². The smallest absolute Gasteiger partial charge is 0.0326 e. The topological polar surface area (TPSA) is 26.0 Å². The maximum Gasteiger partial charge on any atom is 0.0326 e. The van der Waals surface area contributed by atoms with Crippen LogP contribution in [0.4, 0.5) is 0 Å². The van der Waals surface area contributed by atoms with Gasteiger partial charge in [0, 0.05) is 6.04 Å². The molecular weight excluding hydrogens is 218 g/mol. The molecule has 2 N–H and O–H groups in total. The first-order chi connectivity index (χ1) is 8.76. The standard InChI is InChI=1S/C17H27N/c1-3-13-9-11-15(12-10-13)17(18)16-8-6-5-7-14(16)4-2/h5-8,13,15,17H,3-4,9-12,18H2,1-2H3. The fourth-order valence-corrected chi connectivity index (χ4v) is 3.39. The molecule has 1 heteroatoms. The van der Waals surface area contributed by atoms with Crippen LogP contribution in [0.5, 0.6) is 0 Å². The Morgan fingerprint density at radius 2 is 1.78 bits per heavy atom. The first-order valence-corrected chi connectivity index (χ1v) is 7.59. The summed E-state index contributed by atoms with van der Waals surface area (Å²) in [4.78, 5) is 0. The molecule has 1 aliphatic carbocycles. The molecule has 18 heavy (non-hydrogen) atoms. The monoisotopic (exact) mass is 245 g/mol. The molecule has 0 radical (unpaired) electrons. The maximum absolute atomic E-state index is 6.53. The molecule has 0 aromatic heterocycles. The van der Waals surface area contributed by atoms with Gasteiger partial charge in [0.2, 0.25) is 0 Å². The number of nitrogens with two attached hydrogens (primary N) is 1. The number of aryl methyl sites for hydroxylation is 1. The molecule has 1 saturated carbocycles. The highest BCUT2D eigenvalue weighted by Crippen LogP contribution is 2.37. The van der Waals surface area contributed by atoms with E-state index in [-0.39, 0.29) is 6.04 Å². The Kier molecular flexibility index (Phi) is 4.82. The number of benzene rings is 1. The zero-order chi connectivity index (χ0) is 13.0. The minimum absolute atomic E-state index is 0.249. The van der Waals surface area contributed by atoms with Gasteiger partial charge in [-0.2, -0.15) is 0 Å². The summed E-state index contributed by atoms with van der Waals surface area (Å²) in [5.41, 5.74) is 9.35. The molecule has 0 bridgehead atoms. The Morgan fingerprint density at radius 1 is 1.11 bits per heavy atom. The van der Waals surface area contributed by atoms with Gasteiger partial charge in [0.05, 0.1) is 0 Å². The minimum atomic E-state index is 0.249. The molecule has 1 aromatic rings. The molecule has 0 heterocycles. The predicted molar refractivity (Wildman–Crippen MR) is 78.5 cm³/mol. The van der Waals surface area contributed by atoms with Crippen molar-refractivity contribution in [2.75, 3.05) is 0 Å². The highest BCUT2D eigenvalue weighted by Gasteiger charge is 2.26. The normalized spacial score (nSPS) is 25.9. The summed E-state index contributed by atoms with van der Waals surface area (Å²) >= 11 is 0. The fraction of sp³-hybridized carbons (Fsp3) is 0.647. The molecule has 0 spiro atoms. The summed E-state index contributed by atoms with van der Waals surface area (Å²) in [7, 11) is 0. The molecular formula is C17H27N. The van der Waals surface area contributed by atoms with Gasteiger partial charge in [-0.25, -0.2) is 0 Å². The van der Waals surface area contributed by atoms with Gasteiger partial charge >= 0.3 is 0 Å². The van der Waals surface area contributed by atoms with Crippen LogP contribution in [0.1, 0.15) is 63.1 Å². The van der Waals surface area contributed by atoms with E-state index >= 15 is 0 Å². The van der Waals surface area contributed by atoms with Crippen molar-refractivity contribution in [3.05, 3.63) is 35.4 Å². The Hall–Kier alpha value is -0.820. The van der Waals surface area contributed by atoms with Crippen LogP contribution in [0.15, 0.2) is 24.3 Å². The van der Waals surface area contributed by atoms with Gasteiger partial charge in [-0.05, 0) is 42.2 Å². The zero-order valence-electron chi connectivity index (χ0n) is 11.9. The highest BCUT2D eigenvalue weighted by molar-refractivity contribution is 5.30. The Morgan fingerprint density at radius 3 is 2.39 bits per heavy atom. The number of rotatable bonds is 4. The van der Waals surface area contributed by atoms with Gasteiger partial charge in [0.1, 0.15) is 0 Å². The lowest BCUT2D eigenvalue weighted by atomic mass is 9.75. The van der Waals surface area contributed by atoms with Gasteiger partial charge in [0.25, 0.3) is 0 Å². The summed E-state index contributed by atoms with van der Waals surface area (Å²) in [6.45, 7) is 4.54. The zero-order valence-corrected chi connectivity index (χ0v) is 11.9. The first-order valence-electron chi connectivity index (χ1n) is 7.59. The number of hydrogen-bond acceptors (Lipinski definition) is 1. The molecule has 1 nitrogen and oxygen atoms in total. The largest absolute Gasteiger partial charge is 0.324 e. The summed E-state index contributed by atoms with van der Waals surface area (Å²) in [6.07, 6.45) is 7.82. The van der Waals surface area contributed by atoms with Crippen molar-refractivity contribution in [3.8, 4) is 0 Å². The van der Waals surface area contributed by atoms with Crippen LogP contribution in [0, 0.1) is 11.8 Å². The second-order valence-corrected chi connectivity index (χ2v) is 5.77. The van der Waals surface area contributed by atoms with Crippen molar-refractivity contribution in [2.24, 2.45) is 17.6 Å². The van der Waals surface area contributed by atoms with E-state index in [0.717, 1.165) is 12.3 Å². The lowest BCUT2D eigenvalue weighted by molar-refractivity contribution is 0.239.